The molecule has 0 aromatic heterocycles. The smallest absolute Gasteiger partial charge is 0.133 e. The number of halogens is 2. The summed E-state index contributed by atoms with van der Waals surface area (Å²) in [6, 6.07) is 0.855. The van der Waals surface area contributed by atoms with Gasteiger partial charge in [-0.1, -0.05) is 0 Å². The molecule has 0 radical (unpaired) electrons. The predicted molar refractivity (Wildman–Crippen MR) is 31.5 cm³/mol. The van der Waals surface area contributed by atoms with Crippen LogP contribution in [0.1, 0.15) is 6.92 Å². The van der Waals surface area contributed by atoms with Gasteiger partial charge in [0.25, 0.3) is 0 Å². The normalized spacial score (nSPS) is 23.1. The van der Waals surface area contributed by atoms with Gasteiger partial charge in [-0.15, -0.1) is 0 Å². The monoisotopic (exact) mass is 278 g/mol. The van der Waals surface area contributed by atoms with E-state index in [1.54, 1.807) is 0 Å². The van der Waals surface area contributed by atoms with Crippen LogP contribution in [0, 0.1) is 0 Å². The molecule has 0 aliphatic carbocycles. The van der Waals surface area contributed by atoms with Gasteiger partial charge in [-0.25, -0.2) is 0 Å². The molecule has 0 unspecified atom stereocenters. The van der Waals surface area contributed by atoms with Crippen molar-refractivity contribution in [3.8, 4) is 0 Å². The van der Waals surface area contributed by atoms with Gasteiger partial charge in [0.15, 0.2) is 0 Å². The van der Waals surface area contributed by atoms with E-state index in [4.69, 9.17) is 0 Å². The van der Waals surface area contributed by atoms with Crippen molar-refractivity contribution in [2.75, 3.05) is 19.6 Å². The van der Waals surface area contributed by atoms with Crippen LogP contribution in [0.3, 0.4) is 0 Å². The molecule has 0 aromatic rings. The van der Waals surface area contributed by atoms with Crippen LogP contribution in [0.5, 0.6) is 0 Å². The molecular formula is C5H16Br2N2O. The molecule has 0 saturated carbocycles. The zero-order valence-electron chi connectivity index (χ0n) is 6.11. The van der Waals surface area contributed by atoms with Gasteiger partial charge in [0.05, 0.1) is 0 Å². The van der Waals surface area contributed by atoms with Crippen LogP contribution >= 0.6 is 0 Å². The van der Waals surface area contributed by atoms with Crippen LogP contribution in [0.15, 0.2) is 0 Å². The zero-order valence-corrected chi connectivity index (χ0v) is 9.28. The maximum atomic E-state index is 2.40. The Labute approximate surface area is 82.8 Å². The Bertz CT molecular complexity index is 59.6. The summed E-state index contributed by atoms with van der Waals surface area (Å²) >= 11 is 0. The summed E-state index contributed by atoms with van der Waals surface area (Å²) in [5, 5.41) is 4.78. The summed E-state index contributed by atoms with van der Waals surface area (Å²) < 4.78 is 0. The first-order valence-electron chi connectivity index (χ1n) is 3.04. The lowest BCUT2D eigenvalue weighted by molar-refractivity contribution is -0.808. The van der Waals surface area contributed by atoms with E-state index in [2.05, 4.69) is 17.6 Å². The van der Waals surface area contributed by atoms with Gasteiger partial charge >= 0.3 is 0 Å². The van der Waals surface area contributed by atoms with Crippen molar-refractivity contribution in [1.82, 2.24) is 0 Å². The second kappa shape index (κ2) is 9.84. The highest BCUT2D eigenvalue weighted by Gasteiger charge is 2.10. The van der Waals surface area contributed by atoms with Crippen molar-refractivity contribution in [2.45, 2.75) is 13.0 Å². The first kappa shape index (κ1) is 17.1. The number of hydrogen-bond donors (Lipinski definition) is 2. The molecular weight excluding hydrogens is 264 g/mol. The lowest BCUT2D eigenvalue weighted by Gasteiger charge is -2.13. The molecule has 6 N–H and O–H groups in total. The maximum absolute atomic E-state index is 2.40. The summed E-state index contributed by atoms with van der Waals surface area (Å²) in [5.74, 6) is 0. The van der Waals surface area contributed by atoms with Crippen LogP contribution in [-0.4, -0.2) is 31.2 Å². The number of hydrogen-bond acceptors (Lipinski definition) is 0. The first-order chi connectivity index (χ1) is 3.39. The van der Waals surface area contributed by atoms with E-state index in [0.29, 0.717) is 0 Å². The topological polar surface area (TPSA) is 64.7 Å². The van der Waals surface area contributed by atoms with Crippen LogP contribution in [-0.2, 0) is 0 Å². The van der Waals surface area contributed by atoms with E-state index in [1.165, 1.54) is 19.6 Å². The maximum Gasteiger partial charge on any atom is 0.133 e. The van der Waals surface area contributed by atoms with Crippen molar-refractivity contribution < 1.29 is 50.1 Å². The summed E-state index contributed by atoms with van der Waals surface area (Å²) in [7, 11) is 0. The second-order valence-corrected chi connectivity index (χ2v) is 2.31. The lowest BCUT2D eigenvalue weighted by Crippen LogP contribution is -3.07. The Kier molecular flexibility index (Phi) is 16.8. The van der Waals surface area contributed by atoms with Crippen molar-refractivity contribution >= 4 is 0 Å². The summed E-state index contributed by atoms with van der Waals surface area (Å²) in [6.07, 6.45) is 0. The van der Waals surface area contributed by atoms with Gasteiger partial charge < -0.3 is 50.1 Å². The van der Waals surface area contributed by atoms with Crippen molar-refractivity contribution in [3.63, 3.8) is 0 Å². The van der Waals surface area contributed by atoms with E-state index in [-0.39, 0.29) is 39.4 Å². The summed E-state index contributed by atoms with van der Waals surface area (Å²) in [6.45, 7) is 6.20. The standard InChI is InChI=1S/C5H12N2.2BrH.H2O/c1-5-4-6-2-3-7-5;;;/h5-7H,2-4H2,1H3;2*1H;1H2/t5-;;;/m0.../s1. The minimum absolute atomic E-state index is 0. The third-order valence-corrected chi connectivity index (χ3v) is 1.48. The number of piperazine rings is 1. The molecule has 5 heteroatoms. The third-order valence-electron chi connectivity index (χ3n) is 1.48. The fourth-order valence-corrected chi connectivity index (χ4v) is 0.976. The number of rotatable bonds is 0. The highest BCUT2D eigenvalue weighted by Crippen LogP contribution is 1.62. The molecule has 1 saturated heterocycles. The average molecular weight is 280 g/mol. The lowest BCUT2D eigenvalue weighted by atomic mass is 10.3. The van der Waals surface area contributed by atoms with Gasteiger partial charge in [-0.05, 0) is 6.92 Å². The van der Waals surface area contributed by atoms with Crippen molar-refractivity contribution in [2.24, 2.45) is 0 Å². The molecule has 0 spiro atoms. The van der Waals surface area contributed by atoms with Gasteiger partial charge in [-0.2, -0.15) is 0 Å². The molecule has 1 atom stereocenters. The molecule has 1 aliphatic rings. The first-order valence-corrected chi connectivity index (χ1v) is 3.04. The quantitative estimate of drug-likeness (QED) is 0.443. The molecule has 0 bridgehead atoms. The van der Waals surface area contributed by atoms with Crippen LogP contribution in [0.2, 0.25) is 0 Å². The molecule has 1 rings (SSSR count). The molecule has 66 valence electrons. The number of nitrogens with two attached hydrogens (primary N) is 2. The van der Waals surface area contributed by atoms with Crippen LogP contribution in [0.4, 0.5) is 0 Å². The Morgan fingerprint density at radius 2 is 1.80 bits per heavy atom. The molecule has 1 fully saturated rings. The minimum Gasteiger partial charge on any atom is -1.00 e. The third kappa shape index (κ3) is 6.95. The molecule has 0 aromatic carbocycles. The summed E-state index contributed by atoms with van der Waals surface area (Å²) in [4.78, 5) is 0. The Hall–Kier alpha value is 0.840. The molecule has 3 nitrogen and oxygen atoms in total. The fraction of sp³-hybridized carbons (Fsp3) is 1.00. The number of quaternary nitrogens is 2. The van der Waals surface area contributed by atoms with Gasteiger partial charge in [0, 0.05) is 0 Å². The van der Waals surface area contributed by atoms with E-state index in [1.807, 2.05) is 0 Å². The van der Waals surface area contributed by atoms with E-state index >= 15 is 0 Å². The van der Waals surface area contributed by atoms with E-state index in [0.717, 1.165) is 6.04 Å². The van der Waals surface area contributed by atoms with Crippen molar-refractivity contribution in [3.05, 3.63) is 0 Å². The highest BCUT2D eigenvalue weighted by atomic mass is 79.9. The van der Waals surface area contributed by atoms with E-state index in [9.17, 15) is 0 Å². The predicted octanol–water partition coefficient (Wildman–Crippen LogP) is -9.30. The van der Waals surface area contributed by atoms with Gasteiger partial charge in [0.2, 0.25) is 0 Å². The Balaban J connectivity index is -0.000000163. The molecule has 1 aliphatic heterocycles. The summed E-state index contributed by atoms with van der Waals surface area (Å²) in [5.41, 5.74) is 0. The van der Waals surface area contributed by atoms with E-state index < -0.39 is 0 Å². The fourth-order valence-electron chi connectivity index (χ4n) is 0.976. The minimum atomic E-state index is 0. The van der Waals surface area contributed by atoms with Gasteiger partial charge in [-0.3, -0.25) is 0 Å². The zero-order chi connectivity index (χ0) is 5.11. The van der Waals surface area contributed by atoms with Gasteiger partial charge in [0.1, 0.15) is 25.7 Å². The molecule has 0 amide bonds. The highest BCUT2D eigenvalue weighted by molar-refractivity contribution is 4.39. The largest absolute Gasteiger partial charge is 1.00 e. The second-order valence-electron chi connectivity index (χ2n) is 2.31. The molecule has 10 heavy (non-hydrogen) atoms. The molecule has 1 heterocycles. The average Bonchev–Trinajstić information content (AvgIpc) is 1.69. The Morgan fingerprint density at radius 1 is 1.20 bits per heavy atom. The van der Waals surface area contributed by atoms with Crippen LogP contribution in [0.25, 0.3) is 0 Å². The van der Waals surface area contributed by atoms with Crippen molar-refractivity contribution in [1.29, 1.82) is 0 Å². The van der Waals surface area contributed by atoms with Crippen LogP contribution < -0.4 is 44.6 Å². The Morgan fingerprint density at radius 3 is 2.00 bits per heavy atom. The SMILES string of the molecule is C[C@H]1C[NH2+]CC[NH2+]1.O.[Br-].[Br-].